The van der Waals surface area contributed by atoms with Crippen molar-refractivity contribution in [3.8, 4) is 11.1 Å². The van der Waals surface area contributed by atoms with Crippen LogP contribution in [0.4, 0.5) is 10.5 Å². The number of halogens is 1. The number of nitrogens with zero attached hydrogens (tertiary/aromatic N) is 1. The third kappa shape index (κ3) is 3.82. The van der Waals surface area contributed by atoms with Gasteiger partial charge in [0.15, 0.2) is 0 Å². The van der Waals surface area contributed by atoms with E-state index < -0.39 is 18.6 Å². The smallest absolute Gasteiger partial charge is 0.414 e. The number of hydrogen-bond acceptors (Lipinski definition) is 3. The molecule has 0 saturated carbocycles. The Bertz CT molecular complexity index is 1020. The zero-order valence-electron chi connectivity index (χ0n) is 15.4. The molecule has 29 heavy (non-hydrogen) atoms. The first kappa shape index (κ1) is 19.0. The molecule has 1 aliphatic carbocycles. The van der Waals surface area contributed by atoms with Crippen molar-refractivity contribution in [2.24, 2.45) is 0 Å². The first-order valence-electron chi connectivity index (χ1n) is 9.14. The molecule has 0 bridgehead atoms. The Balaban J connectivity index is 1.56. The van der Waals surface area contributed by atoms with E-state index in [0.717, 1.165) is 27.2 Å². The van der Waals surface area contributed by atoms with Crippen LogP contribution in [0.5, 0.6) is 0 Å². The van der Waals surface area contributed by atoms with Gasteiger partial charge >= 0.3 is 12.1 Å². The summed E-state index contributed by atoms with van der Waals surface area (Å²) in [6.07, 6.45) is -0.711. The lowest BCUT2D eigenvalue weighted by Gasteiger charge is -2.22. The van der Waals surface area contributed by atoms with Crippen LogP contribution in [0.1, 0.15) is 17.0 Å². The van der Waals surface area contributed by atoms with Gasteiger partial charge in [0.1, 0.15) is 13.2 Å². The van der Waals surface area contributed by atoms with Crippen LogP contribution in [0.25, 0.3) is 11.1 Å². The third-order valence-electron chi connectivity index (χ3n) is 4.99. The van der Waals surface area contributed by atoms with E-state index in [1.54, 1.807) is 24.3 Å². The largest absolute Gasteiger partial charge is 0.480 e. The minimum atomic E-state index is -1.13. The Morgan fingerprint density at radius 3 is 2.00 bits per heavy atom. The van der Waals surface area contributed by atoms with Gasteiger partial charge in [-0.2, -0.15) is 0 Å². The predicted octanol–water partition coefficient (Wildman–Crippen LogP) is 5.18. The highest BCUT2D eigenvalue weighted by molar-refractivity contribution is 6.30. The summed E-state index contributed by atoms with van der Waals surface area (Å²) in [6, 6.07) is 22.4. The minimum Gasteiger partial charge on any atom is -0.480 e. The second-order valence-electron chi connectivity index (χ2n) is 6.76. The topological polar surface area (TPSA) is 66.8 Å². The van der Waals surface area contributed by atoms with E-state index in [9.17, 15) is 14.7 Å². The van der Waals surface area contributed by atoms with Crippen LogP contribution in [0.3, 0.4) is 0 Å². The number of carbonyl (C=O) groups excluding carboxylic acids is 1. The Labute approximate surface area is 173 Å². The molecule has 5 nitrogen and oxygen atoms in total. The van der Waals surface area contributed by atoms with E-state index in [1.807, 2.05) is 36.4 Å². The van der Waals surface area contributed by atoms with E-state index in [1.165, 1.54) is 0 Å². The maximum absolute atomic E-state index is 12.8. The van der Waals surface area contributed by atoms with Crippen molar-refractivity contribution in [2.45, 2.75) is 5.92 Å². The van der Waals surface area contributed by atoms with Crippen molar-refractivity contribution in [3.63, 3.8) is 0 Å². The van der Waals surface area contributed by atoms with Crippen molar-refractivity contribution < 1.29 is 19.4 Å². The fraction of sp³-hybridized carbons (Fsp3) is 0.130. The number of carboxylic acids is 1. The van der Waals surface area contributed by atoms with Crippen molar-refractivity contribution in [1.29, 1.82) is 0 Å². The van der Waals surface area contributed by atoms with Gasteiger partial charge in [0, 0.05) is 16.6 Å². The number of ether oxygens (including phenoxy) is 1. The SMILES string of the molecule is O=C(O)CN(C(=O)OCC1c2ccccc2-c2ccccc21)c1ccc(Cl)cc1. The number of rotatable bonds is 5. The summed E-state index contributed by atoms with van der Waals surface area (Å²) in [5.74, 6) is -1.23. The van der Waals surface area contributed by atoms with Crippen LogP contribution < -0.4 is 4.90 Å². The van der Waals surface area contributed by atoms with Crippen LogP contribution in [-0.2, 0) is 9.53 Å². The highest BCUT2D eigenvalue weighted by Gasteiger charge is 2.30. The molecule has 0 radical (unpaired) electrons. The van der Waals surface area contributed by atoms with Gasteiger partial charge in [-0.15, -0.1) is 0 Å². The van der Waals surface area contributed by atoms with Gasteiger partial charge in [0.05, 0.1) is 0 Å². The first-order chi connectivity index (χ1) is 14.0. The zero-order chi connectivity index (χ0) is 20.4. The quantitative estimate of drug-likeness (QED) is 0.632. The van der Waals surface area contributed by atoms with Crippen LogP contribution in [0.15, 0.2) is 72.8 Å². The number of aliphatic carboxylic acids is 1. The van der Waals surface area contributed by atoms with E-state index in [2.05, 4.69) is 12.1 Å². The van der Waals surface area contributed by atoms with Gasteiger partial charge in [0.2, 0.25) is 0 Å². The Hall–Kier alpha value is -3.31. The molecule has 0 unspecified atom stereocenters. The molecule has 1 aliphatic rings. The van der Waals surface area contributed by atoms with Crippen molar-refractivity contribution in [1.82, 2.24) is 0 Å². The maximum Gasteiger partial charge on any atom is 0.414 e. The molecular formula is C23H18ClNO4. The summed E-state index contributed by atoms with van der Waals surface area (Å²) in [6.45, 7) is -0.380. The van der Waals surface area contributed by atoms with Crippen LogP contribution in [0, 0.1) is 0 Å². The average molecular weight is 408 g/mol. The molecule has 146 valence electrons. The fourth-order valence-corrected chi connectivity index (χ4v) is 3.82. The molecule has 3 aromatic carbocycles. The molecule has 0 heterocycles. The predicted molar refractivity (Wildman–Crippen MR) is 112 cm³/mol. The molecule has 0 aliphatic heterocycles. The monoisotopic (exact) mass is 407 g/mol. The third-order valence-corrected chi connectivity index (χ3v) is 5.24. The normalized spacial score (nSPS) is 12.2. The molecule has 3 aromatic rings. The Kier molecular flexibility index (Phi) is 5.23. The van der Waals surface area contributed by atoms with Gasteiger partial charge in [-0.1, -0.05) is 60.1 Å². The molecule has 0 atom stereocenters. The summed E-state index contributed by atoms with van der Waals surface area (Å²) >= 11 is 5.89. The lowest BCUT2D eigenvalue weighted by molar-refractivity contribution is -0.135. The number of fused-ring (bicyclic) bond motifs is 3. The molecule has 1 N–H and O–H groups in total. The minimum absolute atomic E-state index is 0.0942. The number of benzene rings is 3. The number of carbonyl (C=O) groups is 2. The molecule has 0 fully saturated rings. The summed E-state index contributed by atoms with van der Waals surface area (Å²) in [5.41, 5.74) is 4.86. The van der Waals surface area contributed by atoms with Crippen molar-refractivity contribution in [3.05, 3.63) is 88.9 Å². The van der Waals surface area contributed by atoms with Crippen LogP contribution in [0.2, 0.25) is 5.02 Å². The molecule has 0 spiro atoms. The van der Waals surface area contributed by atoms with Crippen LogP contribution in [-0.4, -0.2) is 30.3 Å². The summed E-state index contributed by atoms with van der Waals surface area (Å²) < 4.78 is 5.58. The Morgan fingerprint density at radius 1 is 0.897 bits per heavy atom. The second-order valence-corrected chi connectivity index (χ2v) is 7.20. The summed E-state index contributed by atoms with van der Waals surface area (Å²) in [5, 5.41) is 9.71. The van der Waals surface area contributed by atoms with Gasteiger partial charge < -0.3 is 9.84 Å². The Morgan fingerprint density at radius 2 is 1.45 bits per heavy atom. The zero-order valence-corrected chi connectivity index (χ0v) is 16.2. The molecule has 0 saturated heterocycles. The van der Waals surface area contributed by atoms with Gasteiger partial charge in [-0.05, 0) is 46.5 Å². The average Bonchev–Trinajstić information content (AvgIpc) is 3.05. The molecule has 4 rings (SSSR count). The molecular weight excluding hydrogens is 390 g/mol. The number of carboxylic acid groups (broad SMARTS) is 1. The lowest BCUT2D eigenvalue weighted by atomic mass is 9.98. The van der Waals surface area contributed by atoms with E-state index in [-0.39, 0.29) is 12.5 Å². The standard InChI is InChI=1S/C23H18ClNO4/c24-15-9-11-16(12-10-15)25(13-22(26)27)23(28)29-14-21-19-7-3-1-5-17(19)18-6-2-4-8-20(18)21/h1-12,21H,13-14H2,(H,26,27). The van der Waals surface area contributed by atoms with E-state index >= 15 is 0 Å². The number of amides is 1. The highest BCUT2D eigenvalue weighted by Crippen LogP contribution is 2.44. The molecule has 1 amide bonds. The second kappa shape index (κ2) is 7.97. The van der Waals surface area contributed by atoms with Gasteiger partial charge in [-0.3, -0.25) is 9.69 Å². The van der Waals surface area contributed by atoms with E-state index in [4.69, 9.17) is 16.3 Å². The maximum atomic E-state index is 12.8. The lowest BCUT2D eigenvalue weighted by Crippen LogP contribution is -2.36. The van der Waals surface area contributed by atoms with Gasteiger partial charge in [-0.25, -0.2) is 4.79 Å². The summed E-state index contributed by atoms with van der Waals surface area (Å²) in [4.78, 5) is 25.1. The highest BCUT2D eigenvalue weighted by atomic mass is 35.5. The van der Waals surface area contributed by atoms with E-state index in [0.29, 0.717) is 10.7 Å². The number of anilines is 1. The fourth-order valence-electron chi connectivity index (χ4n) is 3.69. The number of hydrogen-bond donors (Lipinski definition) is 1. The van der Waals surface area contributed by atoms with Crippen LogP contribution >= 0.6 is 11.6 Å². The first-order valence-corrected chi connectivity index (χ1v) is 9.52. The van der Waals surface area contributed by atoms with Crippen molar-refractivity contribution in [2.75, 3.05) is 18.1 Å². The molecule has 0 aromatic heterocycles. The summed E-state index contributed by atoms with van der Waals surface area (Å²) in [7, 11) is 0. The van der Waals surface area contributed by atoms with Gasteiger partial charge in [0.25, 0.3) is 0 Å². The molecule has 6 heteroatoms. The van der Waals surface area contributed by atoms with Crippen molar-refractivity contribution >= 4 is 29.4 Å².